The average molecular weight is 358 g/mol. The highest BCUT2D eigenvalue weighted by Gasteiger charge is 2.35. The maximum atomic E-state index is 13.3. The zero-order valence-electron chi connectivity index (χ0n) is 14.2. The first-order valence-corrected chi connectivity index (χ1v) is 7.93. The van der Waals surface area contributed by atoms with Gasteiger partial charge in [0.05, 0.1) is 0 Å². The van der Waals surface area contributed by atoms with Gasteiger partial charge in [-0.05, 0) is 43.2 Å². The van der Waals surface area contributed by atoms with Crippen LogP contribution in [0.25, 0.3) is 0 Å². The molecule has 0 spiro atoms. The van der Waals surface area contributed by atoms with Gasteiger partial charge in [-0.2, -0.15) is 18.2 Å². The number of hydrogen-bond acceptors (Lipinski definition) is 4. The molecule has 1 heterocycles. The summed E-state index contributed by atoms with van der Waals surface area (Å²) in [6.07, 6.45) is -3.78. The molecule has 0 fully saturated rings. The Morgan fingerprint density at radius 1 is 0.923 bits per heavy atom. The van der Waals surface area contributed by atoms with Crippen LogP contribution in [0.2, 0.25) is 0 Å². The van der Waals surface area contributed by atoms with E-state index in [9.17, 15) is 13.2 Å². The standard InChI is InChI=1S/C19H17F3N4/c1-12-6-5-8-14(10-12)24-17-15(19(20,21)22)11-23-18(26-17)25-16-9-4-3-7-13(16)2/h3-11H,1-2H3,(H2,23,24,25,26). The number of rotatable bonds is 4. The molecule has 134 valence electrons. The van der Waals surface area contributed by atoms with E-state index in [-0.39, 0.29) is 11.8 Å². The Kier molecular flexibility index (Phi) is 4.79. The summed E-state index contributed by atoms with van der Waals surface area (Å²) in [5.74, 6) is -0.211. The first-order chi connectivity index (χ1) is 12.3. The maximum Gasteiger partial charge on any atom is 0.421 e. The van der Waals surface area contributed by atoms with Gasteiger partial charge < -0.3 is 10.6 Å². The summed E-state index contributed by atoms with van der Waals surface area (Å²) < 4.78 is 39.9. The van der Waals surface area contributed by atoms with Gasteiger partial charge in [-0.25, -0.2) is 4.98 Å². The first-order valence-electron chi connectivity index (χ1n) is 7.93. The van der Waals surface area contributed by atoms with E-state index in [4.69, 9.17) is 0 Å². The molecule has 0 aliphatic rings. The summed E-state index contributed by atoms with van der Waals surface area (Å²) in [7, 11) is 0. The molecule has 0 aliphatic heterocycles. The Bertz CT molecular complexity index is 923. The molecule has 0 radical (unpaired) electrons. The van der Waals surface area contributed by atoms with Crippen molar-refractivity contribution in [2.24, 2.45) is 0 Å². The average Bonchev–Trinajstić information content (AvgIpc) is 2.56. The second-order valence-electron chi connectivity index (χ2n) is 5.89. The van der Waals surface area contributed by atoms with E-state index in [2.05, 4.69) is 20.6 Å². The SMILES string of the molecule is Cc1cccc(Nc2nc(Nc3ccccc3C)ncc2C(F)(F)F)c1. The fraction of sp³-hybridized carbons (Fsp3) is 0.158. The molecule has 2 aromatic carbocycles. The highest BCUT2D eigenvalue weighted by Crippen LogP contribution is 2.35. The molecule has 1 aromatic heterocycles. The number of hydrogen-bond donors (Lipinski definition) is 2. The van der Waals surface area contributed by atoms with E-state index in [0.717, 1.165) is 23.0 Å². The zero-order chi connectivity index (χ0) is 18.7. The zero-order valence-corrected chi connectivity index (χ0v) is 14.2. The molecule has 3 rings (SSSR count). The van der Waals surface area contributed by atoms with Crippen LogP contribution in [0.15, 0.2) is 54.7 Å². The van der Waals surface area contributed by atoms with Gasteiger partial charge in [-0.1, -0.05) is 30.3 Å². The summed E-state index contributed by atoms with van der Waals surface area (Å²) in [5, 5.41) is 5.71. The lowest BCUT2D eigenvalue weighted by molar-refractivity contribution is -0.137. The smallest absolute Gasteiger partial charge is 0.340 e. The van der Waals surface area contributed by atoms with E-state index in [1.54, 1.807) is 18.2 Å². The fourth-order valence-electron chi connectivity index (χ4n) is 2.44. The molecule has 2 N–H and O–H groups in total. The van der Waals surface area contributed by atoms with Crippen LogP contribution in [0.3, 0.4) is 0 Å². The molecule has 26 heavy (non-hydrogen) atoms. The van der Waals surface area contributed by atoms with Crippen molar-refractivity contribution in [2.45, 2.75) is 20.0 Å². The van der Waals surface area contributed by atoms with Crippen LogP contribution in [0.5, 0.6) is 0 Å². The van der Waals surface area contributed by atoms with Crippen molar-refractivity contribution < 1.29 is 13.2 Å². The topological polar surface area (TPSA) is 49.8 Å². The number of alkyl halides is 3. The van der Waals surface area contributed by atoms with Crippen molar-refractivity contribution in [3.63, 3.8) is 0 Å². The predicted octanol–water partition coefficient (Wildman–Crippen LogP) is 5.60. The van der Waals surface area contributed by atoms with Crippen molar-refractivity contribution in [1.82, 2.24) is 9.97 Å². The minimum atomic E-state index is -4.56. The summed E-state index contributed by atoms with van der Waals surface area (Å²) in [6, 6.07) is 14.5. The Hall–Kier alpha value is -3.09. The molecule has 3 aromatic rings. The summed E-state index contributed by atoms with van der Waals surface area (Å²) in [4.78, 5) is 7.87. The van der Waals surface area contributed by atoms with Gasteiger partial charge in [0.1, 0.15) is 11.4 Å². The quantitative estimate of drug-likeness (QED) is 0.637. The van der Waals surface area contributed by atoms with Gasteiger partial charge in [0.2, 0.25) is 5.95 Å². The van der Waals surface area contributed by atoms with Gasteiger partial charge in [-0.3, -0.25) is 0 Å². The molecule has 0 unspecified atom stereocenters. The summed E-state index contributed by atoms with van der Waals surface area (Å²) in [6.45, 7) is 3.75. The highest BCUT2D eigenvalue weighted by atomic mass is 19.4. The minimum Gasteiger partial charge on any atom is -0.340 e. The highest BCUT2D eigenvalue weighted by molar-refractivity contribution is 5.64. The van der Waals surface area contributed by atoms with E-state index < -0.39 is 11.7 Å². The molecule has 0 bridgehead atoms. The molecular formula is C19H17F3N4. The van der Waals surface area contributed by atoms with Crippen molar-refractivity contribution in [3.05, 3.63) is 71.4 Å². The van der Waals surface area contributed by atoms with Crippen LogP contribution in [0.4, 0.5) is 36.3 Å². The van der Waals surface area contributed by atoms with Crippen LogP contribution in [0, 0.1) is 13.8 Å². The van der Waals surface area contributed by atoms with Crippen LogP contribution in [-0.4, -0.2) is 9.97 Å². The van der Waals surface area contributed by atoms with Crippen molar-refractivity contribution in [3.8, 4) is 0 Å². The Labute approximate surface area is 149 Å². The van der Waals surface area contributed by atoms with Crippen LogP contribution in [0.1, 0.15) is 16.7 Å². The van der Waals surface area contributed by atoms with E-state index in [0.29, 0.717) is 5.69 Å². The van der Waals surface area contributed by atoms with Gasteiger partial charge in [-0.15, -0.1) is 0 Å². The normalized spacial score (nSPS) is 11.3. The third kappa shape index (κ3) is 4.11. The van der Waals surface area contributed by atoms with E-state index >= 15 is 0 Å². The number of para-hydroxylation sites is 1. The molecule has 0 saturated heterocycles. The first kappa shape index (κ1) is 17.7. The number of aromatic nitrogens is 2. The van der Waals surface area contributed by atoms with E-state index in [1.165, 1.54) is 0 Å². The molecule has 7 heteroatoms. The van der Waals surface area contributed by atoms with Crippen LogP contribution < -0.4 is 10.6 Å². The third-order valence-electron chi connectivity index (χ3n) is 3.77. The Morgan fingerprint density at radius 3 is 2.38 bits per heavy atom. The van der Waals surface area contributed by atoms with Gasteiger partial charge in [0.15, 0.2) is 0 Å². The van der Waals surface area contributed by atoms with Crippen molar-refractivity contribution >= 4 is 23.1 Å². The maximum absolute atomic E-state index is 13.3. The minimum absolute atomic E-state index is 0.0856. The Morgan fingerprint density at radius 2 is 1.69 bits per heavy atom. The van der Waals surface area contributed by atoms with Crippen LogP contribution >= 0.6 is 0 Å². The number of aryl methyl sites for hydroxylation is 2. The molecule has 0 aliphatic carbocycles. The lowest BCUT2D eigenvalue weighted by Gasteiger charge is -2.15. The monoisotopic (exact) mass is 358 g/mol. The Balaban J connectivity index is 1.98. The number of halogens is 3. The molecule has 4 nitrogen and oxygen atoms in total. The largest absolute Gasteiger partial charge is 0.421 e. The lowest BCUT2D eigenvalue weighted by atomic mass is 10.2. The molecule has 0 saturated carbocycles. The predicted molar refractivity (Wildman–Crippen MR) is 96.0 cm³/mol. The summed E-state index contributed by atoms with van der Waals surface area (Å²) in [5.41, 5.74) is 2.19. The van der Waals surface area contributed by atoms with E-state index in [1.807, 2.05) is 44.2 Å². The van der Waals surface area contributed by atoms with Gasteiger partial charge in [0, 0.05) is 17.6 Å². The molecule has 0 atom stereocenters. The number of nitrogens with zero attached hydrogens (tertiary/aromatic N) is 2. The lowest BCUT2D eigenvalue weighted by Crippen LogP contribution is -2.12. The molecular weight excluding hydrogens is 341 g/mol. The van der Waals surface area contributed by atoms with Gasteiger partial charge >= 0.3 is 6.18 Å². The van der Waals surface area contributed by atoms with Gasteiger partial charge in [0.25, 0.3) is 0 Å². The second kappa shape index (κ2) is 7.03. The third-order valence-corrected chi connectivity index (χ3v) is 3.77. The molecule has 0 amide bonds. The fourth-order valence-corrected chi connectivity index (χ4v) is 2.44. The number of anilines is 4. The van der Waals surface area contributed by atoms with Crippen molar-refractivity contribution in [2.75, 3.05) is 10.6 Å². The van der Waals surface area contributed by atoms with Crippen LogP contribution in [-0.2, 0) is 6.18 Å². The summed E-state index contributed by atoms with van der Waals surface area (Å²) >= 11 is 0. The number of benzene rings is 2. The van der Waals surface area contributed by atoms with Crippen molar-refractivity contribution in [1.29, 1.82) is 0 Å². The number of nitrogens with one attached hydrogen (secondary N) is 2. The second-order valence-corrected chi connectivity index (χ2v) is 5.89.